The lowest BCUT2D eigenvalue weighted by atomic mass is 10.1. The number of rotatable bonds is 4. The average Bonchev–Trinajstić information content (AvgIpc) is 2.47. The highest BCUT2D eigenvalue weighted by molar-refractivity contribution is 6.06. The molecule has 102 valence electrons. The quantitative estimate of drug-likeness (QED) is 0.837. The van der Waals surface area contributed by atoms with Crippen LogP contribution in [-0.4, -0.2) is 24.4 Å². The van der Waals surface area contributed by atoms with E-state index in [-0.39, 0.29) is 11.3 Å². The van der Waals surface area contributed by atoms with Gasteiger partial charge in [-0.05, 0) is 36.4 Å². The Hall–Kier alpha value is -2.82. The van der Waals surface area contributed by atoms with E-state index in [1.165, 1.54) is 19.2 Å². The molecular formula is C15H13NO4. The maximum absolute atomic E-state index is 12.0. The Morgan fingerprint density at radius 3 is 2.45 bits per heavy atom. The van der Waals surface area contributed by atoms with Crippen LogP contribution in [0.4, 0.5) is 5.69 Å². The first-order valence-electron chi connectivity index (χ1n) is 5.87. The molecule has 0 bridgehead atoms. The van der Waals surface area contributed by atoms with Crippen LogP contribution in [0.15, 0.2) is 42.5 Å². The van der Waals surface area contributed by atoms with Crippen molar-refractivity contribution in [2.75, 3.05) is 12.4 Å². The Bertz CT molecular complexity index is 635. The van der Waals surface area contributed by atoms with Crippen molar-refractivity contribution in [3.8, 4) is 11.5 Å². The summed E-state index contributed by atoms with van der Waals surface area (Å²) in [7, 11) is 1.48. The highest BCUT2D eigenvalue weighted by Crippen LogP contribution is 2.24. The molecule has 0 aliphatic rings. The van der Waals surface area contributed by atoms with Gasteiger partial charge in [-0.1, -0.05) is 0 Å². The van der Waals surface area contributed by atoms with Gasteiger partial charge in [0.15, 0.2) is 0 Å². The second kappa shape index (κ2) is 5.88. The average molecular weight is 271 g/mol. The molecule has 0 heterocycles. The molecule has 2 N–H and O–H groups in total. The smallest absolute Gasteiger partial charge is 0.259 e. The van der Waals surface area contributed by atoms with Gasteiger partial charge >= 0.3 is 0 Å². The number of hydrogen-bond donors (Lipinski definition) is 2. The van der Waals surface area contributed by atoms with Gasteiger partial charge in [0.1, 0.15) is 17.8 Å². The van der Waals surface area contributed by atoms with Crippen LogP contribution in [-0.2, 0) is 0 Å². The normalized spacial score (nSPS) is 9.85. The first-order valence-corrected chi connectivity index (χ1v) is 5.87. The molecule has 0 fully saturated rings. The molecule has 0 saturated heterocycles. The predicted molar refractivity (Wildman–Crippen MR) is 74.4 cm³/mol. The fourth-order valence-electron chi connectivity index (χ4n) is 1.67. The van der Waals surface area contributed by atoms with Gasteiger partial charge in [-0.2, -0.15) is 0 Å². The largest absolute Gasteiger partial charge is 0.507 e. The van der Waals surface area contributed by atoms with E-state index in [0.29, 0.717) is 17.0 Å². The number of ether oxygens (including phenoxy) is 1. The highest BCUT2D eigenvalue weighted by Gasteiger charge is 2.12. The lowest BCUT2D eigenvalue weighted by Crippen LogP contribution is -2.12. The van der Waals surface area contributed by atoms with Crippen LogP contribution < -0.4 is 10.1 Å². The molecule has 2 aromatic carbocycles. The number of nitrogens with one attached hydrogen (secondary N) is 1. The number of carbonyl (C=O) groups excluding carboxylic acids is 2. The maximum Gasteiger partial charge on any atom is 0.259 e. The first kappa shape index (κ1) is 13.6. The second-order valence-electron chi connectivity index (χ2n) is 4.08. The molecule has 5 nitrogen and oxygen atoms in total. The van der Waals surface area contributed by atoms with Gasteiger partial charge in [0, 0.05) is 17.3 Å². The molecular weight excluding hydrogens is 258 g/mol. The van der Waals surface area contributed by atoms with Gasteiger partial charge in [0.05, 0.1) is 12.7 Å². The standard InChI is InChI=1S/C15H13NO4/c1-20-12-6-7-13(14(18)8-12)15(19)16-11-4-2-10(9-17)3-5-11/h2-9,18H,1H3,(H,16,19). The minimum absolute atomic E-state index is 0.144. The molecule has 0 spiro atoms. The van der Waals surface area contributed by atoms with Crippen LogP contribution in [0.1, 0.15) is 20.7 Å². The van der Waals surface area contributed by atoms with Crippen LogP contribution in [0, 0.1) is 0 Å². The predicted octanol–water partition coefficient (Wildman–Crippen LogP) is 2.47. The summed E-state index contributed by atoms with van der Waals surface area (Å²) in [4.78, 5) is 22.5. The van der Waals surface area contributed by atoms with E-state index in [1.54, 1.807) is 30.3 Å². The fourth-order valence-corrected chi connectivity index (χ4v) is 1.67. The SMILES string of the molecule is COc1ccc(C(=O)Nc2ccc(C=O)cc2)c(O)c1. The molecule has 5 heteroatoms. The van der Waals surface area contributed by atoms with Crippen molar-refractivity contribution in [1.29, 1.82) is 0 Å². The zero-order valence-electron chi connectivity index (χ0n) is 10.8. The Morgan fingerprint density at radius 1 is 1.20 bits per heavy atom. The number of aromatic hydroxyl groups is 1. The van der Waals surface area contributed by atoms with Crippen molar-refractivity contribution in [3.63, 3.8) is 0 Å². The van der Waals surface area contributed by atoms with Crippen molar-refractivity contribution < 1.29 is 19.4 Å². The molecule has 2 aromatic rings. The summed E-state index contributed by atoms with van der Waals surface area (Å²) >= 11 is 0. The molecule has 0 aromatic heterocycles. The summed E-state index contributed by atoms with van der Waals surface area (Å²) in [6.45, 7) is 0. The third-order valence-corrected chi connectivity index (χ3v) is 2.75. The zero-order valence-corrected chi connectivity index (χ0v) is 10.8. The molecule has 0 aliphatic carbocycles. The van der Waals surface area contributed by atoms with Gasteiger partial charge in [0.2, 0.25) is 0 Å². The van der Waals surface area contributed by atoms with Gasteiger partial charge in [-0.25, -0.2) is 0 Å². The number of hydrogen-bond acceptors (Lipinski definition) is 4. The monoisotopic (exact) mass is 271 g/mol. The van der Waals surface area contributed by atoms with E-state index in [4.69, 9.17) is 4.74 Å². The summed E-state index contributed by atoms with van der Waals surface area (Å²) < 4.78 is 4.95. The highest BCUT2D eigenvalue weighted by atomic mass is 16.5. The topological polar surface area (TPSA) is 75.6 Å². The number of aldehydes is 1. The molecule has 0 atom stereocenters. The lowest BCUT2D eigenvalue weighted by molar-refractivity contribution is 0.102. The number of amides is 1. The number of phenolic OH excluding ortho intramolecular Hbond substituents is 1. The van der Waals surface area contributed by atoms with Crippen molar-refractivity contribution in [3.05, 3.63) is 53.6 Å². The van der Waals surface area contributed by atoms with E-state index < -0.39 is 5.91 Å². The lowest BCUT2D eigenvalue weighted by Gasteiger charge is -2.08. The van der Waals surface area contributed by atoms with Gasteiger partial charge in [0.25, 0.3) is 5.91 Å². The first-order chi connectivity index (χ1) is 9.63. The van der Waals surface area contributed by atoms with E-state index >= 15 is 0 Å². The van der Waals surface area contributed by atoms with Gasteiger partial charge in [-0.15, -0.1) is 0 Å². The Morgan fingerprint density at radius 2 is 1.90 bits per heavy atom. The second-order valence-corrected chi connectivity index (χ2v) is 4.08. The van der Waals surface area contributed by atoms with Crippen molar-refractivity contribution >= 4 is 17.9 Å². The van der Waals surface area contributed by atoms with Crippen LogP contribution in [0.3, 0.4) is 0 Å². The Kier molecular flexibility index (Phi) is 4.00. The molecule has 2 rings (SSSR count). The van der Waals surface area contributed by atoms with Crippen molar-refractivity contribution in [2.45, 2.75) is 0 Å². The molecule has 0 unspecified atom stereocenters. The molecule has 1 amide bonds. The third-order valence-electron chi connectivity index (χ3n) is 2.75. The van der Waals surface area contributed by atoms with Crippen LogP contribution in [0.2, 0.25) is 0 Å². The van der Waals surface area contributed by atoms with Gasteiger partial charge in [-0.3, -0.25) is 9.59 Å². The summed E-state index contributed by atoms with van der Waals surface area (Å²) in [5.41, 5.74) is 1.20. The number of anilines is 1. The van der Waals surface area contributed by atoms with Crippen molar-refractivity contribution in [2.24, 2.45) is 0 Å². The number of phenols is 1. The molecule has 0 saturated carbocycles. The number of carbonyl (C=O) groups is 2. The number of methoxy groups -OCH3 is 1. The number of benzene rings is 2. The molecule has 20 heavy (non-hydrogen) atoms. The third kappa shape index (κ3) is 2.95. The van der Waals surface area contributed by atoms with Crippen LogP contribution in [0.5, 0.6) is 11.5 Å². The summed E-state index contributed by atoms with van der Waals surface area (Å²) in [5.74, 6) is -0.134. The fraction of sp³-hybridized carbons (Fsp3) is 0.0667. The van der Waals surface area contributed by atoms with Gasteiger partial charge < -0.3 is 15.2 Å². The Labute approximate surface area is 115 Å². The van der Waals surface area contributed by atoms with Crippen molar-refractivity contribution in [1.82, 2.24) is 0 Å². The van der Waals surface area contributed by atoms with E-state index in [1.807, 2.05) is 0 Å². The Balaban J connectivity index is 2.16. The summed E-state index contributed by atoms with van der Waals surface area (Å²) in [5, 5.41) is 12.4. The van der Waals surface area contributed by atoms with E-state index in [9.17, 15) is 14.7 Å². The zero-order chi connectivity index (χ0) is 14.5. The van der Waals surface area contributed by atoms with E-state index in [0.717, 1.165) is 6.29 Å². The molecule has 0 radical (unpaired) electrons. The maximum atomic E-state index is 12.0. The van der Waals surface area contributed by atoms with Crippen LogP contribution >= 0.6 is 0 Å². The molecule has 0 aliphatic heterocycles. The van der Waals surface area contributed by atoms with E-state index in [2.05, 4.69) is 5.32 Å². The summed E-state index contributed by atoms with van der Waals surface area (Å²) in [6, 6.07) is 10.8. The summed E-state index contributed by atoms with van der Waals surface area (Å²) in [6.07, 6.45) is 0.723. The van der Waals surface area contributed by atoms with Crippen LogP contribution in [0.25, 0.3) is 0 Å². The minimum atomic E-state index is -0.441. The minimum Gasteiger partial charge on any atom is -0.507 e.